The van der Waals surface area contributed by atoms with Crippen molar-refractivity contribution < 1.29 is 9.53 Å². The molecule has 2 fully saturated rings. The molecule has 1 amide bonds. The first-order valence-corrected chi connectivity index (χ1v) is 11.4. The number of benzene rings is 1. The Bertz CT molecular complexity index is 1040. The summed E-state index contributed by atoms with van der Waals surface area (Å²) in [5, 5.41) is 11.3. The molecule has 0 spiro atoms. The number of hydrogen-bond donors (Lipinski definition) is 1. The number of amides is 1. The normalized spacial score (nSPS) is 22.2. The van der Waals surface area contributed by atoms with Crippen LogP contribution >= 0.6 is 0 Å². The van der Waals surface area contributed by atoms with Crippen molar-refractivity contribution in [3.63, 3.8) is 0 Å². The molecule has 4 heterocycles. The van der Waals surface area contributed by atoms with Crippen molar-refractivity contribution in [1.29, 1.82) is 0 Å². The maximum atomic E-state index is 13.8. The van der Waals surface area contributed by atoms with E-state index in [1.54, 1.807) is 10.9 Å². The molecule has 0 bridgehead atoms. The highest BCUT2D eigenvalue weighted by molar-refractivity contribution is 5.95. The Morgan fingerprint density at radius 1 is 1.16 bits per heavy atom. The van der Waals surface area contributed by atoms with Crippen molar-refractivity contribution in [3.8, 4) is 11.1 Å². The lowest BCUT2D eigenvalue weighted by molar-refractivity contribution is -0.0741. The minimum atomic E-state index is -0.163. The Morgan fingerprint density at radius 2 is 2.03 bits per heavy atom. The van der Waals surface area contributed by atoms with Crippen LogP contribution in [-0.4, -0.2) is 74.6 Å². The number of piperidine rings is 1. The van der Waals surface area contributed by atoms with Crippen LogP contribution < -0.4 is 0 Å². The average molecular weight is 435 g/mol. The molecule has 32 heavy (non-hydrogen) atoms. The first-order chi connectivity index (χ1) is 15.7. The Hall–Kier alpha value is -2.97. The monoisotopic (exact) mass is 434 g/mol. The zero-order chi connectivity index (χ0) is 21.9. The second kappa shape index (κ2) is 9.26. The quantitative estimate of drug-likeness (QED) is 0.668. The minimum Gasteiger partial charge on any atom is -0.373 e. The third-order valence-electron chi connectivity index (χ3n) is 6.51. The van der Waals surface area contributed by atoms with E-state index in [1.807, 2.05) is 54.8 Å². The lowest BCUT2D eigenvalue weighted by Crippen LogP contribution is -2.52. The zero-order valence-corrected chi connectivity index (χ0v) is 18.5. The maximum absolute atomic E-state index is 13.8. The predicted molar refractivity (Wildman–Crippen MR) is 121 cm³/mol. The lowest BCUT2D eigenvalue weighted by Gasteiger charge is -2.43. The summed E-state index contributed by atoms with van der Waals surface area (Å²) < 4.78 is 8.07. The molecule has 0 saturated carbocycles. The summed E-state index contributed by atoms with van der Waals surface area (Å²) in [7, 11) is 1.91. The van der Waals surface area contributed by atoms with E-state index in [0.29, 0.717) is 18.7 Å². The molecule has 2 aliphatic rings. The van der Waals surface area contributed by atoms with Crippen LogP contribution in [0.25, 0.3) is 11.1 Å². The highest BCUT2D eigenvalue weighted by Crippen LogP contribution is 2.32. The average Bonchev–Trinajstić information content (AvgIpc) is 3.51. The van der Waals surface area contributed by atoms with Crippen LogP contribution in [0.1, 0.15) is 41.2 Å². The molecule has 8 heteroatoms. The first kappa shape index (κ1) is 20.9. The van der Waals surface area contributed by atoms with Gasteiger partial charge in [-0.15, -0.1) is 0 Å². The van der Waals surface area contributed by atoms with Crippen molar-refractivity contribution in [1.82, 2.24) is 29.8 Å². The highest BCUT2D eigenvalue weighted by atomic mass is 16.5. The van der Waals surface area contributed by atoms with Gasteiger partial charge in [0.1, 0.15) is 0 Å². The van der Waals surface area contributed by atoms with Crippen molar-refractivity contribution in [2.24, 2.45) is 7.05 Å². The van der Waals surface area contributed by atoms with E-state index in [2.05, 4.69) is 20.2 Å². The molecule has 1 N–H and O–H groups in total. The summed E-state index contributed by atoms with van der Waals surface area (Å²) >= 11 is 0. The first-order valence-electron chi connectivity index (χ1n) is 11.4. The molecule has 2 saturated heterocycles. The van der Waals surface area contributed by atoms with E-state index < -0.39 is 0 Å². The van der Waals surface area contributed by atoms with Gasteiger partial charge in [-0.2, -0.15) is 10.2 Å². The molecule has 0 unspecified atom stereocenters. The maximum Gasteiger partial charge on any atom is 0.254 e. The summed E-state index contributed by atoms with van der Waals surface area (Å²) in [4.78, 5) is 18.2. The molecule has 0 radical (unpaired) electrons. The van der Waals surface area contributed by atoms with Gasteiger partial charge in [-0.3, -0.25) is 14.6 Å². The highest BCUT2D eigenvalue weighted by Gasteiger charge is 2.38. The number of nitrogens with zero attached hydrogens (tertiary/aromatic N) is 5. The number of carbonyl (C=O) groups is 1. The fraction of sp³-hybridized carbons (Fsp3) is 0.458. The van der Waals surface area contributed by atoms with E-state index in [9.17, 15) is 4.79 Å². The molecule has 2 atom stereocenters. The van der Waals surface area contributed by atoms with E-state index in [0.717, 1.165) is 36.3 Å². The van der Waals surface area contributed by atoms with E-state index in [-0.39, 0.29) is 18.1 Å². The lowest BCUT2D eigenvalue weighted by atomic mass is 9.97. The SMILES string of the molecule is Cn1cc([C@H]2[C@H](CN3CCCCC3)OCCN2C(=O)c2cccc(-c3cn[nH]c3)c2)cn1. The number of hydrogen-bond acceptors (Lipinski definition) is 5. The van der Waals surface area contributed by atoms with Crippen LogP contribution in [-0.2, 0) is 11.8 Å². The van der Waals surface area contributed by atoms with Crippen molar-refractivity contribution >= 4 is 5.91 Å². The molecule has 5 rings (SSSR count). The Labute approximate surface area is 188 Å². The third kappa shape index (κ3) is 4.33. The summed E-state index contributed by atoms with van der Waals surface area (Å²) in [5.74, 6) is 0.0242. The molecule has 8 nitrogen and oxygen atoms in total. The number of nitrogens with one attached hydrogen (secondary N) is 1. The Balaban J connectivity index is 1.44. The molecular formula is C24H30N6O2. The van der Waals surface area contributed by atoms with Crippen molar-refractivity contribution in [2.45, 2.75) is 31.4 Å². The van der Waals surface area contributed by atoms with Gasteiger partial charge in [-0.05, 0) is 43.6 Å². The molecular weight excluding hydrogens is 404 g/mol. The van der Waals surface area contributed by atoms with Gasteiger partial charge in [0.2, 0.25) is 0 Å². The van der Waals surface area contributed by atoms with Crippen LogP contribution in [0.4, 0.5) is 0 Å². The number of carbonyl (C=O) groups excluding carboxylic acids is 1. The number of aromatic nitrogens is 4. The Kier molecular flexibility index (Phi) is 6.05. The predicted octanol–water partition coefficient (Wildman–Crippen LogP) is 2.88. The van der Waals surface area contributed by atoms with E-state index in [1.165, 1.54) is 19.3 Å². The van der Waals surface area contributed by atoms with Crippen LogP contribution in [0, 0.1) is 0 Å². The zero-order valence-electron chi connectivity index (χ0n) is 18.5. The summed E-state index contributed by atoms with van der Waals surface area (Å²) in [5.41, 5.74) is 3.64. The van der Waals surface area contributed by atoms with Gasteiger partial charge in [-0.1, -0.05) is 18.6 Å². The second-order valence-corrected chi connectivity index (χ2v) is 8.73. The molecule has 2 aromatic heterocycles. The van der Waals surface area contributed by atoms with Gasteiger partial charge in [0.05, 0.1) is 31.1 Å². The number of likely N-dealkylation sites (tertiary alicyclic amines) is 1. The van der Waals surface area contributed by atoms with E-state index in [4.69, 9.17) is 4.74 Å². The smallest absolute Gasteiger partial charge is 0.254 e. The minimum absolute atomic E-state index is 0.0242. The molecule has 3 aromatic rings. The van der Waals surface area contributed by atoms with Crippen molar-refractivity contribution in [2.75, 3.05) is 32.8 Å². The Morgan fingerprint density at radius 3 is 2.78 bits per heavy atom. The third-order valence-corrected chi connectivity index (χ3v) is 6.51. The second-order valence-electron chi connectivity index (χ2n) is 8.73. The van der Waals surface area contributed by atoms with Crippen LogP contribution in [0.5, 0.6) is 0 Å². The van der Waals surface area contributed by atoms with Gasteiger partial charge in [0.25, 0.3) is 5.91 Å². The van der Waals surface area contributed by atoms with Gasteiger partial charge >= 0.3 is 0 Å². The van der Waals surface area contributed by atoms with Gasteiger partial charge in [0.15, 0.2) is 0 Å². The number of H-pyrrole nitrogens is 1. The number of aryl methyl sites for hydroxylation is 1. The summed E-state index contributed by atoms with van der Waals surface area (Å²) in [6.07, 6.45) is 11.2. The fourth-order valence-electron chi connectivity index (χ4n) is 4.90. The number of morpholine rings is 1. The summed E-state index contributed by atoms with van der Waals surface area (Å²) in [6.45, 7) is 4.13. The molecule has 168 valence electrons. The van der Waals surface area contributed by atoms with Crippen LogP contribution in [0.3, 0.4) is 0 Å². The van der Waals surface area contributed by atoms with Crippen LogP contribution in [0.2, 0.25) is 0 Å². The largest absolute Gasteiger partial charge is 0.373 e. The molecule has 2 aliphatic heterocycles. The van der Waals surface area contributed by atoms with Gasteiger partial charge < -0.3 is 14.5 Å². The number of ether oxygens (including phenoxy) is 1. The molecule has 1 aromatic carbocycles. The number of rotatable bonds is 5. The standard InChI is InChI=1S/C24H30N6O2/c1-28-16-21(15-27-28)23-22(17-29-8-3-2-4-9-29)32-11-10-30(23)24(31)19-7-5-6-18(12-19)20-13-25-26-14-20/h5-7,12-16,22-23H,2-4,8-11,17H2,1H3,(H,25,26)/t22-,23-/m0/s1. The van der Waals surface area contributed by atoms with Crippen molar-refractivity contribution in [3.05, 3.63) is 60.2 Å². The summed E-state index contributed by atoms with van der Waals surface area (Å²) in [6, 6.07) is 7.60. The van der Waals surface area contributed by atoms with Crippen LogP contribution in [0.15, 0.2) is 49.1 Å². The molecule has 0 aliphatic carbocycles. The van der Waals surface area contributed by atoms with Gasteiger partial charge in [0, 0.05) is 49.2 Å². The van der Waals surface area contributed by atoms with E-state index >= 15 is 0 Å². The fourth-order valence-corrected chi connectivity index (χ4v) is 4.90. The topological polar surface area (TPSA) is 79.3 Å². The van der Waals surface area contributed by atoms with Gasteiger partial charge in [-0.25, -0.2) is 0 Å². The number of aromatic amines is 1.